The number of carbonyl (C=O) groups is 2. The fourth-order valence-corrected chi connectivity index (χ4v) is 1.93. The van der Waals surface area contributed by atoms with Gasteiger partial charge in [-0.25, -0.2) is 4.68 Å². The summed E-state index contributed by atoms with van der Waals surface area (Å²) >= 11 is 0. The summed E-state index contributed by atoms with van der Waals surface area (Å²) in [5.41, 5.74) is 2.17. The lowest BCUT2D eigenvalue weighted by atomic mass is 10.1. The molecule has 0 aliphatic rings. The van der Waals surface area contributed by atoms with Crippen molar-refractivity contribution in [1.29, 1.82) is 0 Å². The van der Waals surface area contributed by atoms with Gasteiger partial charge in [0.05, 0.1) is 20.8 Å². The second kappa shape index (κ2) is 7.39. The molecule has 0 spiro atoms. The number of esters is 1. The van der Waals surface area contributed by atoms with Crippen molar-refractivity contribution >= 4 is 11.9 Å². The van der Waals surface area contributed by atoms with Gasteiger partial charge < -0.3 is 14.8 Å². The Hall–Kier alpha value is -2.90. The summed E-state index contributed by atoms with van der Waals surface area (Å²) in [6.07, 6.45) is 0. The highest BCUT2D eigenvalue weighted by atomic mass is 16.5. The van der Waals surface area contributed by atoms with E-state index >= 15 is 0 Å². The second-order valence-corrected chi connectivity index (χ2v) is 4.85. The number of methoxy groups -OCH3 is 2. The molecule has 0 atom stereocenters. The van der Waals surface area contributed by atoms with Crippen molar-refractivity contribution in [3.05, 3.63) is 41.1 Å². The number of carbonyl (C=O) groups excluding carboxylic acids is 2. The Morgan fingerprint density at radius 2 is 1.91 bits per heavy atom. The molecule has 0 bridgehead atoms. The molecule has 0 saturated carbocycles. The zero-order valence-corrected chi connectivity index (χ0v) is 13.2. The van der Waals surface area contributed by atoms with E-state index in [1.54, 1.807) is 0 Å². The van der Waals surface area contributed by atoms with Gasteiger partial charge >= 0.3 is 5.97 Å². The van der Waals surface area contributed by atoms with Crippen molar-refractivity contribution in [3.8, 4) is 5.88 Å². The Kier molecular flexibility index (Phi) is 5.29. The van der Waals surface area contributed by atoms with Gasteiger partial charge in [0.25, 0.3) is 5.91 Å². The number of nitrogens with one attached hydrogen (secondary N) is 1. The van der Waals surface area contributed by atoms with Crippen LogP contribution in [0.2, 0.25) is 0 Å². The molecule has 1 N–H and O–H groups in total. The first-order valence-electron chi connectivity index (χ1n) is 6.93. The zero-order chi connectivity index (χ0) is 16.8. The number of aromatic nitrogens is 3. The summed E-state index contributed by atoms with van der Waals surface area (Å²) in [5.74, 6) is -0.875. The Morgan fingerprint density at radius 1 is 1.22 bits per heavy atom. The van der Waals surface area contributed by atoms with Crippen molar-refractivity contribution in [2.24, 2.45) is 0 Å². The van der Waals surface area contributed by atoms with Crippen molar-refractivity contribution < 1.29 is 19.1 Å². The van der Waals surface area contributed by atoms with Gasteiger partial charge in [-0.3, -0.25) is 9.59 Å². The summed E-state index contributed by atoms with van der Waals surface area (Å²) in [4.78, 5) is 23.1. The van der Waals surface area contributed by atoms with E-state index in [0.29, 0.717) is 6.54 Å². The van der Waals surface area contributed by atoms with Gasteiger partial charge in [0, 0.05) is 0 Å². The predicted molar refractivity (Wildman–Crippen MR) is 81.2 cm³/mol. The lowest BCUT2D eigenvalue weighted by molar-refractivity contribution is -0.139. The molecule has 0 unspecified atom stereocenters. The fraction of sp³-hybridized carbons (Fsp3) is 0.333. The highest BCUT2D eigenvalue weighted by Crippen LogP contribution is 2.17. The van der Waals surface area contributed by atoms with E-state index < -0.39 is 11.9 Å². The second-order valence-electron chi connectivity index (χ2n) is 4.85. The maximum Gasteiger partial charge on any atom is 0.325 e. The van der Waals surface area contributed by atoms with E-state index in [-0.39, 0.29) is 18.1 Å². The van der Waals surface area contributed by atoms with Gasteiger partial charge in [0.1, 0.15) is 6.54 Å². The topological polar surface area (TPSA) is 95.3 Å². The maximum atomic E-state index is 12.0. The number of ether oxygens (including phenoxy) is 2. The quantitative estimate of drug-likeness (QED) is 0.781. The van der Waals surface area contributed by atoms with Crippen LogP contribution in [0.1, 0.15) is 21.6 Å². The third kappa shape index (κ3) is 4.06. The number of rotatable bonds is 6. The van der Waals surface area contributed by atoms with Gasteiger partial charge in [-0.2, -0.15) is 0 Å². The molecule has 1 aromatic heterocycles. The zero-order valence-electron chi connectivity index (χ0n) is 13.2. The van der Waals surface area contributed by atoms with Crippen molar-refractivity contribution in [1.82, 2.24) is 20.3 Å². The molecule has 8 nitrogen and oxygen atoms in total. The standard InChI is InChI=1S/C15H18N4O4/c1-10-4-6-11(7-5-10)9-19-15(23-3)13(17-18-19)14(21)16-8-12(20)22-2/h4-7H,8-9H2,1-3H3,(H,16,21). The number of aryl methyl sites for hydroxylation is 1. The molecule has 2 aromatic rings. The van der Waals surface area contributed by atoms with Gasteiger partial charge in [-0.15, -0.1) is 5.10 Å². The molecule has 23 heavy (non-hydrogen) atoms. The monoisotopic (exact) mass is 318 g/mol. The van der Waals surface area contributed by atoms with Crippen LogP contribution in [0.25, 0.3) is 0 Å². The predicted octanol–water partition coefficient (Wildman–Crippen LogP) is 0.546. The van der Waals surface area contributed by atoms with Crippen LogP contribution in [-0.4, -0.2) is 47.6 Å². The molecule has 0 saturated heterocycles. The average molecular weight is 318 g/mol. The Bertz CT molecular complexity index is 694. The Labute approximate surface area is 133 Å². The van der Waals surface area contributed by atoms with Crippen LogP contribution in [-0.2, 0) is 16.1 Å². The van der Waals surface area contributed by atoms with E-state index in [1.165, 1.54) is 18.9 Å². The number of hydrogen-bond donors (Lipinski definition) is 1. The number of benzene rings is 1. The summed E-state index contributed by atoms with van der Waals surface area (Å²) in [5, 5.41) is 10.2. The van der Waals surface area contributed by atoms with E-state index in [2.05, 4.69) is 20.4 Å². The molecule has 1 amide bonds. The summed E-state index contributed by atoms with van der Waals surface area (Å²) in [7, 11) is 2.67. The summed E-state index contributed by atoms with van der Waals surface area (Å²) in [6, 6.07) is 7.91. The summed E-state index contributed by atoms with van der Waals surface area (Å²) < 4.78 is 11.2. The molecule has 1 aromatic carbocycles. The minimum atomic E-state index is -0.553. The summed E-state index contributed by atoms with van der Waals surface area (Å²) in [6.45, 7) is 2.17. The van der Waals surface area contributed by atoms with Gasteiger partial charge in [0.2, 0.25) is 11.6 Å². The average Bonchev–Trinajstić information content (AvgIpc) is 2.97. The van der Waals surface area contributed by atoms with Crippen LogP contribution in [0.3, 0.4) is 0 Å². The first-order chi connectivity index (χ1) is 11.0. The van der Waals surface area contributed by atoms with Gasteiger partial charge in [0.15, 0.2) is 0 Å². The SMILES string of the molecule is COC(=O)CNC(=O)c1nnn(Cc2ccc(C)cc2)c1OC. The third-order valence-corrected chi connectivity index (χ3v) is 3.17. The number of amides is 1. The van der Waals surface area contributed by atoms with Crippen LogP contribution in [0.5, 0.6) is 5.88 Å². The molecule has 8 heteroatoms. The minimum Gasteiger partial charge on any atom is -0.479 e. The maximum absolute atomic E-state index is 12.0. The number of nitrogens with zero attached hydrogens (tertiary/aromatic N) is 3. The van der Waals surface area contributed by atoms with Crippen LogP contribution in [0.15, 0.2) is 24.3 Å². The third-order valence-electron chi connectivity index (χ3n) is 3.17. The smallest absolute Gasteiger partial charge is 0.325 e. The lowest BCUT2D eigenvalue weighted by Crippen LogP contribution is -2.30. The van der Waals surface area contributed by atoms with Crippen molar-refractivity contribution in [2.75, 3.05) is 20.8 Å². The Balaban J connectivity index is 2.14. The van der Waals surface area contributed by atoms with Crippen LogP contribution in [0, 0.1) is 6.92 Å². The van der Waals surface area contributed by atoms with Gasteiger partial charge in [-0.1, -0.05) is 35.0 Å². The van der Waals surface area contributed by atoms with Crippen LogP contribution >= 0.6 is 0 Å². The van der Waals surface area contributed by atoms with E-state index in [1.807, 2.05) is 31.2 Å². The van der Waals surface area contributed by atoms with Crippen LogP contribution < -0.4 is 10.1 Å². The normalized spacial score (nSPS) is 10.2. The molecular formula is C15H18N4O4. The van der Waals surface area contributed by atoms with E-state index in [9.17, 15) is 9.59 Å². The highest BCUT2D eigenvalue weighted by molar-refractivity contribution is 5.96. The fourth-order valence-electron chi connectivity index (χ4n) is 1.93. The van der Waals surface area contributed by atoms with E-state index in [0.717, 1.165) is 11.1 Å². The van der Waals surface area contributed by atoms with Crippen LogP contribution in [0.4, 0.5) is 0 Å². The number of hydrogen-bond acceptors (Lipinski definition) is 6. The highest BCUT2D eigenvalue weighted by Gasteiger charge is 2.21. The molecule has 0 aliphatic heterocycles. The lowest BCUT2D eigenvalue weighted by Gasteiger charge is -2.07. The molecule has 0 fully saturated rings. The first-order valence-corrected chi connectivity index (χ1v) is 6.93. The molecule has 2 rings (SSSR count). The molecule has 1 heterocycles. The van der Waals surface area contributed by atoms with Gasteiger partial charge in [-0.05, 0) is 12.5 Å². The van der Waals surface area contributed by atoms with E-state index in [4.69, 9.17) is 4.74 Å². The molecule has 122 valence electrons. The van der Waals surface area contributed by atoms with Crippen molar-refractivity contribution in [3.63, 3.8) is 0 Å². The Morgan fingerprint density at radius 3 is 2.52 bits per heavy atom. The minimum absolute atomic E-state index is 0.0171. The largest absolute Gasteiger partial charge is 0.479 e. The molecule has 0 aliphatic carbocycles. The first kappa shape index (κ1) is 16.5. The van der Waals surface area contributed by atoms with Crippen molar-refractivity contribution in [2.45, 2.75) is 13.5 Å². The molecular weight excluding hydrogens is 300 g/mol. The molecule has 0 radical (unpaired) electrons.